The zero-order chi connectivity index (χ0) is 19.8. The molecular weight excluding hydrogens is 356 g/mol. The van der Waals surface area contributed by atoms with Gasteiger partial charge < -0.3 is 15.8 Å². The van der Waals surface area contributed by atoms with Gasteiger partial charge in [-0.15, -0.1) is 0 Å². The molecule has 0 saturated heterocycles. The molecule has 3 N–H and O–H groups in total. The molecule has 0 aliphatic carbocycles. The molecule has 27 heavy (non-hydrogen) atoms. The van der Waals surface area contributed by atoms with E-state index in [1.54, 1.807) is 0 Å². The van der Waals surface area contributed by atoms with Crippen molar-refractivity contribution >= 4 is 17.6 Å². The lowest BCUT2D eigenvalue weighted by Gasteiger charge is -2.20. The molecule has 9 heteroatoms. The van der Waals surface area contributed by atoms with Gasteiger partial charge in [-0.3, -0.25) is 9.18 Å². The first-order valence-electron chi connectivity index (χ1n) is 7.87. The molecule has 2 heterocycles. The molecule has 3 rings (SSSR count). The van der Waals surface area contributed by atoms with Crippen LogP contribution >= 0.6 is 0 Å². The van der Waals surface area contributed by atoms with E-state index in [0.717, 1.165) is 0 Å². The Balaban J connectivity index is 0.00000126. The van der Waals surface area contributed by atoms with Crippen molar-refractivity contribution in [3.8, 4) is 6.07 Å². The fraction of sp³-hybridized carbons (Fsp3) is 0.222. The highest BCUT2D eigenvalue weighted by atomic mass is 19.1. The molecule has 1 aliphatic rings. The Kier molecular flexibility index (Phi) is 6.77. The van der Waals surface area contributed by atoms with E-state index in [9.17, 15) is 13.6 Å². The van der Waals surface area contributed by atoms with E-state index < -0.39 is 17.8 Å². The van der Waals surface area contributed by atoms with Crippen molar-refractivity contribution < 1.29 is 18.3 Å². The Bertz CT molecular complexity index is 878. The summed E-state index contributed by atoms with van der Waals surface area (Å²) in [5.74, 6) is -0.894. The van der Waals surface area contributed by atoms with Crippen LogP contribution in [0, 0.1) is 17.1 Å². The van der Waals surface area contributed by atoms with Crippen LogP contribution in [0.2, 0.25) is 0 Å². The van der Waals surface area contributed by atoms with Crippen LogP contribution in [-0.4, -0.2) is 30.7 Å². The Morgan fingerprint density at radius 1 is 1.37 bits per heavy atom. The first kappa shape index (κ1) is 19.8. The summed E-state index contributed by atoms with van der Waals surface area (Å²) >= 11 is 0. The lowest BCUT2D eigenvalue weighted by Crippen LogP contribution is -2.24. The third kappa shape index (κ3) is 4.98. The molecule has 1 atom stereocenters. The molecular formula is C18H17F2N5O2. The second kappa shape index (κ2) is 9.24. The molecule has 1 aromatic carbocycles. The molecule has 1 aromatic heterocycles. The second-order valence-electron chi connectivity index (χ2n) is 5.35. The quantitative estimate of drug-likeness (QED) is 0.859. The number of amidine groups is 1. The number of anilines is 1. The van der Waals surface area contributed by atoms with Crippen molar-refractivity contribution in [3.05, 3.63) is 59.2 Å². The lowest BCUT2D eigenvalue weighted by molar-refractivity contribution is 0.102. The smallest absolute Gasteiger partial charge is 0.282 e. The minimum absolute atomic E-state index is 0.0203. The number of aliphatic imine (C=N–C) groups is 1. The monoisotopic (exact) mass is 373 g/mol. The number of benzene rings is 1. The number of nitrogens with one attached hydrogen (secondary N) is 1. The second-order valence-corrected chi connectivity index (χ2v) is 5.35. The summed E-state index contributed by atoms with van der Waals surface area (Å²) in [4.78, 5) is 20.2. The molecule has 2 aromatic rings. The van der Waals surface area contributed by atoms with Gasteiger partial charge in [0.15, 0.2) is 0 Å². The topological polar surface area (TPSA) is 113 Å². The van der Waals surface area contributed by atoms with Gasteiger partial charge >= 0.3 is 0 Å². The summed E-state index contributed by atoms with van der Waals surface area (Å²) in [5, 5.41) is 11.4. The van der Waals surface area contributed by atoms with Crippen LogP contribution < -0.4 is 11.1 Å². The van der Waals surface area contributed by atoms with Gasteiger partial charge in [0.1, 0.15) is 17.6 Å². The van der Waals surface area contributed by atoms with Gasteiger partial charge in [-0.2, -0.15) is 5.26 Å². The van der Waals surface area contributed by atoms with Crippen LogP contribution in [0.3, 0.4) is 0 Å². The molecule has 0 fully saturated rings. The van der Waals surface area contributed by atoms with Crippen molar-refractivity contribution in [1.29, 1.82) is 5.26 Å². The van der Waals surface area contributed by atoms with Crippen molar-refractivity contribution in [3.63, 3.8) is 0 Å². The zero-order valence-electron chi connectivity index (χ0n) is 14.4. The van der Waals surface area contributed by atoms with Gasteiger partial charge in [-0.1, -0.05) is 0 Å². The van der Waals surface area contributed by atoms with Crippen molar-refractivity contribution in [2.75, 3.05) is 19.1 Å². The number of nitriles is 1. The number of alkyl halides is 1. The van der Waals surface area contributed by atoms with Crippen LogP contribution in [0.4, 0.5) is 14.5 Å². The maximum absolute atomic E-state index is 14.1. The number of rotatable bonds is 3. The van der Waals surface area contributed by atoms with E-state index in [0.29, 0.717) is 37.0 Å². The minimum Gasteiger partial charge on any atom is -0.465 e. The highest BCUT2D eigenvalue weighted by Crippen LogP contribution is 2.28. The lowest BCUT2D eigenvalue weighted by atomic mass is 10.0. The SMILES string of the molecule is CF.N#Cc1ccc(C(=O)Nc2ccc(F)c(C3CCOC(N)=N3)c2)nc1. The fourth-order valence-corrected chi connectivity index (χ4v) is 2.42. The van der Waals surface area contributed by atoms with Gasteiger partial charge in [-0.05, 0) is 30.3 Å². The number of hydrogen-bond donors (Lipinski definition) is 2. The fourth-order valence-electron chi connectivity index (χ4n) is 2.42. The summed E-state index contributed by atoms with van der Waals surface area (Å²) in [6.07, 6.45) is 1.80. The van der Waals surface area contributed by atoms with E-state index in [1.165, 1.54) is 36.5 Å². The predicted molar refractivity (Wildman–Crippen MR) is 95.3 cm³/mol. The number of carbonyl (C=O) groups is 1. The van der Waals surface area contributed by atoms with Gasteiger partial charge in [-0.25, -0.2) is 14.4 Å². The van der Waals surface area contributed by atoms with Crippen LogP contribution in [0.5, 0.6) is 0 Å². The van der Waals surface area contributed by atoms with E-state index >= 15 is 0 Å². The minimum atomic E-state index is -0.461. The zero-order valence-corrected chi connectivity index (χ0v) is 14.4. The average molecular weight is 373 g/mol. The van der Waals surface area contributed by atoms with E-state index in [2.05, 4.69) is 15.3 Å². The number of ether oxygens (including phenoxy) is 1. The number of halogens is 2. The van der Waals surface area contributed by atoms with E-state index in [4.69, 9.17) is 15.7 Å². The molecule has 0 bridgehead atoms. The number of nitrogens with zero attached hydrogens (tertiary/aromatic N) is 3. The third-order valence-corrected chi connectivity index (χ3v) is 3.66. The molecule has 7 nitrogen and oxygen atoms in total. The average Bonchev–Trinajstić information content (AvgIpc) is 2.71. The van der Waals surface area contributed by atoms with Crippen molar-refractivity contribution in [2.24, 2.45) is 10.7 Å². The molecule has 140 valence electrons. The summed E-state index contributed by atoms with van der Waals surface area (Å²) in [6.45, 7) is 0.352. The first-order chi connectivity index (χ1) is 13.1. The number of nitrogens with two attached hydrogens (primary N) is 1. The summed E-state index contributed by atoms with van der Waals surface area (Å²) in [6, 6.07) is 8.66. The molecule has 0 saturated carbocycles. The standard InChI is InChI=1S/C17H14FN5O2.CH3F/c18-13-3-2-11(7-12(13)14-5-6-25-17(20)23-14)22-16(24)15-4-1-10(8-19)9-21-15;1-2/h1-4,7,9,14H,5-6H2,(H2,20,23)(H,22,24);1H3. The van der Waals surface area contributed by atoms with Crippen LogP contribution in [0.1, 0.15) is 34.1 Å². The van der Waals surface area contributed by atoms with Crippen LogP contribution in [0.25, 0.3) is 0 Å². The number of carbonyl (C=O) groups excluding carboxylic acids is 1. The summed E-state index contributed by atoms with van der Waals surface area (Å²) in [5.41, 5.74) is 6.78. The number of aromatic nitrogens is 1. The number of hydrogen-bond acceptors (Lipinski definition) is 6. The van der Waals surface area contributed by atoms with Gasteiger partial charge in [0.25, 0.3) is 11.9 Å². The van der Waals surface area contributed by atoms with Gasteiger partial charge in [0.2, 0.25) is 0 Å². The Hall–Kier alpha value is -3.54. The third-order valence-electron chi connectivity index (χ3n) is 3.66. The first-order valence-corrected chi connectivity index (χ1v) is 7.87. The van der Waals surface area contributed by atoms with E-state index in [1.807, 2.05) is 6.07 Å². The Labute approximate surface area is 154 Å². The number of amides is 1. The van der Waals surface area contributed by atoms with Gasteiger partial charge in [0.05, 0.1) is 25.4 Å². The number of pyridine rings is 1. The van der Waals surface area contributed by atoms with Crippen LogP contribution in [-0.2, 0) is 4.74 Å². The maximum Gasteiger partial charge on any atom is 0.282 e. The maximum atomic E-state index is 14.1. The van der Waals surface area contributed by atoms with Crippen molar-refractivity contribution in [2.45, 2.75) is 12.5 Å². The molecule has 0 spiro atoms. The molecule has 0 radical (unpaired) electrons. The largest absolute Gasteiger partial charge is 0.465 e. The molecule has 1 unspecified atom stereocenters. The highest BCUT2D eigenvalue weighted by Gasteiger charge is 2.20. The predicted octanol–water partition coefficient (Wildman–Crippen LogP) is 2.71. The molecule has 1 amide bonds. The van der Waals surface area contributed by atoms with Gasteiger partial charge in [0, 0.05) is 23.9 Å². The van der Waals surface area contributed by atoms with Crippen molar-refractivity contribution in [1.82, 2.24) is 4.98 Å². The Morgan fingerprint density at radius 2 is 2.15 bits per heavy atom. The highest BCUT2D eigenvalue weighted by molar-refractivity contribution is 6.02. The summed E-state index contributed by atoms with van der Waals surface area (Å²) < 4.78 is 28.7. The summed E-state index contributed by atoms with van der Waals surface area (Å²) in [7, 11) is 0.500. The molecule has 1 aliphatic heterocycles. The van der Waals surface area contributed by atoms with Crippen LogP contribution in [0.15, 0.2) is 41.5 Å². The Morgan fingerprint density at radius 3 is 2.78 bits per heavy atom. The van der Waals surface area contributed by atoms with E-state index in [-0.39, 0.29) is 11.7 Å². The normalized spacial score (nSPS) is 15.3.